The third kappa shape index (κ3) is 5.47. The Morgan fingerprint density at radius 3 is 2.67 bits per heavy atom. The fourth-order valence-electron chi connectivity index (χ4n) is 1.63. The molecule has 0 aliphatic heterocycles. The monoisotopic (exact) mass is 217 g/mol. The molecule has 90 valence electrons. The van der Waals surface area contributed by atoms with E-state index in [1.54, 1.807) is 7.11 Å². The number of methoxy groups -OCH3 is 1. The quantitative estimate of drug-likeness (QED) is 0.554. The van der Waals surface area contributed by atoms with Gasteiger partial charge in [0.2, 0.25) is 0 Å². The maximum atomic E-state index is 9.77. The molecular weight excluding hydrogens is 194 g/mol. The minimum absolute atomic E-state index is 0.406. The van der Waals surface area contributed by atoms with Gasteiger partial charge in [-0.2, -0.15) is 0 Å². The van der Waals surface area contributed by atoms with Crippen LogP contribution in [0.15, 0.2) is 0 Å². The van der Waals surface area contributed by atoms with E-state index in [1.807, 2.05) is 0 Å². The topological polar surface area (TPSA) is 50.7 Å². The Morgan fingerprint density at radius 1 is 1.27 bits per heavy atom. The summed E-state index contributed by atoms with van der Waals surface area (Å²) in [5.74, 6) is 0. The number of hydrogen-bond donors (Lipinski definition) is 2. The number of hydrogen-bond acceptors (Lipinski definition) is 4. The van der Waals surface area contributed by atoms with Gasteiger partial charge in [-0.1, -0.05) is 0 Å². The molecule has 0 amide bonds. The fourth-order valence-corrected chi connectivity index (χ4v) is 1.63. The lowest BCUT2D eigenvalue weighted by molar-refractivity contribution is -0.0314. The van der Waals surface area contributed by atoms with E-state index in [2.05, 4.69) is 5.32 Å². The number of ether oxygens (including phenoxy) is 2. The van der Waals surface area contributed by atoms with Crippen molar-refractivity contribution in [3.8, 4) is 0 Å². The van der Waals surface area contributed by atoms with E-state index in [-0.39, 0.29) is 0 Å². The van der Waals surface area contributed by atoms with Crippen molar-refractivity contribution >= 4 is 0 Å². The Bertz CT molecular complexity index is 160. The zero-order valence-corrected chi connectivity index (χ0v) is 9.63. The molecule has 0 aromatic heterocycles. The van der Waals surface area contributed by atoms with Gasteiger partial charge in [0.15, 0.2) is 0 Å². The third-order valence-corrected chi connectivity index (χ3v) is 2.81. The second kappa shape index (κ2) is 7.17. The zero-order chi connectivity index (χ0) is 11.0. The minimum atomic E-state index is -0.406. The summed E-state index contributed by atoms with van der Waals surface area (Å²) in [6.07, 6.45) is 4.05. The average Bonchev–Trinajstić information content (AvgIpc) is 2.19. The van der Waals surface area contributed by atoms with Crippen molar-refractivity contribution in [2.24, 2.45) is 0 Å². The molecule has 1 saturated carbocycles. The van der Waals surface area contributed by atoms with Gasteiger partial charge in [-0.3, -0.25) is 0 Å². The van der Waals surface area contributed by atoms with Crippen molar-refractivity contribution < 1.29 is 14.6 Å². The van der Waals surface area contributed by atoms with Crippen molar-refractivity contribution in [3.63, 3.8) is 0 Å². The van der Waals surface area contributed by atoms with Crippen LogP contribution >= 0.6 is 0 Å². The van der Waals surface area contributed by atoms with E-state index in [0.717, 1.165) is 45.4 Å². The van der Waals surface area contributed by atoms with Crippen LogP contribution in [0.25, 0.3) is 0 Å². The first-order valence-corrected chi connectivity index (χ1v) is 5.77. The highest BCUT2D eigenvalue weighted by Crippen LogP contribution is 2.30. The standard InChI is InChI=1S/C11H23NO3/c1-14-8-9-15-7-3-6-12-10-11(13)4-2-5-11/h12-13H,2-10H2,1H3. The maximum absolute atomic E-state index is 9.77. The van der Waals surface area contributed by atoms with Crippen LogP contribution in [0.2, 0.25) is 0 Å². The normalized spacial score (nSPS) is 18.8. The Hall–Kier alpha value is -0.160. The first-order valence-electron chi connectivity index (χ1n) is 5.77. The summed E-state index contributed by atoms with van der Waals surface area (Å²) in [6, 6.07) is 0. The van der Waals surface area contributed by atoms with E-state index >= 15 is 0 Å². The smallest absolute Gasteiger partial charge is 0.0771 e. The SMILES string of the molecule is COCCOCCCNCC1(O)CCC1. The molecule has 0 aromatic carbocycles. The van der Waals surface area contributed by atoms with Crippen LogP contribution in [0.1, 0.15) is 25.7 Å². The van der Waals surface area contributed by atoms with Gasteiger partial charge in [0.1, 0.15) is 0 Å². The molecule has 0 heterocycles. The fraction of sp³-hybridized carbons (Fsp3) is 1.00. The van der Waals surface area contributed by atoms with Gasteiger partial charge < -0.3 is 19.9 Å². The highest BCUT2D eigenvalue weighted by atomic mass is 16.5. The Kier molecular flexibility index (Phi) is 6.17. The second-order valence-electron chi connectivity index (χ2n) is 4.21. The van der Waals surface area contributed by atoms with Crippen molar-refractivity contribution in [3.05, 3.63) is 0 Å². The molecule has 0 atom stereocenters. The summed E-state index contributed by atoms with van der Waals surface area (Å²) >= 11 is 0. The molecule has 4 heteroatoms. The minimum Gasteiger partial charge on any atom is -0.389 e. The lowest BCUT2D eigenvalue weighted by Crippen LogP contribution is -2.46. The molecule has 1 rings (SSSR count). The van der Waals surface area contributed by atoms with Crippen molar-refractivity contribution in [2.75, 3.05) is 40.0 Å². The van der Waals surface area contributed by atoms with Gasteiger partial charge in [0.05, 0.1) is 18.8 Å². The van der Waals surface area contributed by atoms with Crippen molar-refractivity contribution in [2.45, 2.75) is 31.3 Å². The highest BCUT2D eigenvalue weighted by Gasteiger charge is 2.33. The molecule has 0 unspecified atom stereocenters. The van der Waals surface area contributed by atoms with Crippen LogP contribution in [-0.2, 0) is 9.47 Å². The summed E-state index contributed by atoms with van der Waals surface area (Å²) in [5.41, 5.74) is -0.406. The van der Waals surface area contributed by atoms with Gasteiger partial charge in [0.25, 0.3) is 0 Å². The van der Waals surface area contributed by atoms with Crippen molar-refractivity contribution in [1.29, 1.82) is 0 Å². The molecule has 4 nitrogen and oxygen atoms in total. The first-order chi connectivity index (χ1) is 7.27. The van der Waals surface area contributed by atoms with E-state index in [4.69, 9.17) is 9.47 Å². The highest BCUT2D eigenvalue weighted by molar-refractivity contribution is 4.89. The van der Waals surface area contributed by atoms with Crippen LogP contribution in [0.3, 0.4) is 0 Å². The summed E-state index contributed by atoms with van der Waals surface area (Å²) in [4.78, 5) is 0. The van der Waals surface area contributed by atoms with Gasteiger partial charge in [-0.05, 0) is 32.2 Å². The maximum Gasteiger partial charge on any atom is 0.0771 e. The largest absolute Gasteiger partial charge is 0.389 e. The molecule has 1 aliphatic rings. The van der Waals surface area contributed by atoms with E-state index in [1.165, 1.54) is 0 Å². The Morgan fingerprint density at radius 2 is 2.07 bits per heavy atom. The Labute approximate surface area is 92.0 Å². The molecule has 2 N–H and O–H groups in total. The predicted molar refractivity (Wildman–Crippen MR) is 59.0 cm³/mol. The lowest BCUT2D eigenvalue weighted by Gasteiger charge is -2.36. The van der Waals surface area contributed by atoms with Gasteiger partial charge in [-0.25, -0.2) is 0 Å². The summed E-state index contributed by atoms with van der Waals surface area (Å²) < 4.78 is 10.2. The molecule has 0 bridgehead atoms. The molecular formula is C11H23NO3. The molecule has 1 fully saturated rings. The van der Waals surface area contributed by atoms with E-state index in [0.29, 0.717) is 13.2 Å². The third-order valence-electron chi connectivity index (χ3n) is 2.81. The summed E-state index contributed by atoms with van der Waals surface area (Å²) in [5, 5.41) is 13.0. The van der Waals surface area contributed by atoms with Gasteiger partial charge >= 0.3 is 0 Å². The molecule has 0 saturated heterocycles. The average molecular weight is 217 g/mol. The molecule has 1 aliphatic carbocycles. The molecule has 15 heavy (non-hydrogen) atoms. The predicted octanol–water partition coefficient (Wildman–Crippen LogP) is 0.544. The Balaban J connectivity index is 1.77. The molecule has 0 spiro atoms. The first kappa shape index (κ1) is 12.9. The van der Waals surface area contributed by atoms with Gasteiger partial charge in [-0.15, -0.1) is 0 Å². The van der Waals surface area contributed by atoms with Crippen LogP contribution in [0, 0.1) is 0 Å². The molecule has 0 aromatic rings. The number of aliphatic hydroxyl groups is 1. The van der Waals surface area contributed by atoms with Crippen molar-refractivity contribution in [1.82, 2.24) is 5.32 Å². The zero-order valence-electron chi connectivity index (χ0n) is 9.63. The second-order valence-corrected chi connectivity index (χ2v) is 4.21. The van der Waals surface area contributed by atoms with Crippen LogP contribution in [0.4, 0.5) is 0 Å². The van der Waals surface area contributed by atoms with E-state index < -0.39 is 5.60 Å². The number of rotatable bonds is 9. The lowest BCUT2D eigenvalue weighted by atomic mass is 9.80. The van der Waals surface area contributed by atoms with Gasteiger partial charge in [0, 0.05) is 20.3 Å². The molecule has 0 radical (unpaired) electrons. The number of nitrogens with one attached hydrogen (secondary N) is 1. The van der Waals surface area contributed by atoms with Crippen LogP contribution < -0.4 is 5.32 Å². The van der Waals surface area contributed by atoms with Crippen LogP contribution in [-0.4, -0.2) is 50.7 Å². The van der Waals surface area contributed by atoms with Crippen LogP contribution in [0.5, 0.6) is 0 Å². The summed E-state index contributed by atoms with van der Waals surface area (Å²) in [6.45, 7) is 3.72. The van der Waals surface area contributed by atoms with E-state index in [9.17, 15) is 5.11 Å². The summed E-state index contributed by atoms with van der Waals surface area (Å²) in [7, 11) is 1.67.